The first-order valence-electron chi connectivity index (χ1n) is 5.75. The number of esters is 1. The van der Waals surface area contributed by atoms with Crippen molar-refractivity contribution in [3.8, 4) is 0 Å². The van der Waals surface area contributed by atoms with Crippen LogP contribution < -0.4 is 11.5 Å². The van der Waals surface area contributed by atoms with E-state index in [4.69, 9.17) is 11.5 Å². The highest BCUT2D eigenvalue weighted by Crippen LogP contribution is 2.08. The van der Waals surface area contributed by atoms with E-state index in [9.17, 15) is 9.90 Å². The van der Waals surface area contributed by atoms with Gasteiger partial charge in [-0.25, -0.2) is 0 Å². The minimum absolute atomic E-state index is 0.176. The molecule has 0 radical (unpaired) electrons. The van der Waals surface area contributed by atoms with Gasteiger partial charge in [-0.2, -0.15) is 0 Å². The number of unbranched alkanes of at least 4 members (excludes halogenated alkanes) is 2. The zero-order valence-corrected chi connectivity index (χ0v) is 10.2. The second-order valence-electron chi connectivity index (χ2n) is 4.16. The number of aliphatic hydroxyl groups is 1. The number of aliphatic hydroxyl groups excluding tert-OH is 1. The number of methoxy groups -OCH3 is 1. The van der Waals surface area contributed by atoms with Crippen molar-refractivity contribution in [3.05, 3.63) is 0 Å². The predicted molar refractivity (Wildman–Crippen MR) is 62.7 cm³/mol. The van der Waals surface area contributed by atoms with Crippen molar-refractivity contribution in [1.82, 2.24) is 0 Å². The molecule has 0 aliphatic rings. The summed E-state index contributed by atoms with van der Waals surface area (Å²) in [4.78, 5) is 10.8. The van der Waals surface area contributed by atoms with Gasteiger partial charge in [0, 0.05) is 18.5 Å². The Hall–Kier alpha value is -0.650. The fourth-order valence-electron chi connectivity index (χ4n) is 1.48. The molecular weight excluding hydrogens is 208 g/mol. The van der Waals surface area contributed by atoms with Gasteiger partial charge in [-0.05, 0) is 19.8 Å². The summed E-state index contributed by atoms with van der Waals surface area (Å²) in [5.74, 6) is -0.176. The van der Waals surface area contributed by atoms with Crippen LogP contribution in [0.5, 0.6) is 0 Å². The molecule has 0 saturated carbocycles. The zero-order chi connectivity index (χ0) is 12.6. The SMILES string of the molecule is COC(=O)CCCCCC(N)C(N)C(C)O. The average Bonchev–Trinajstić information content (AvgIpc) is 2.26. The molecule has 5 N–H and O–H groups in total. The Labute approximate surface area is 97.1 Å². The largest absolute Gasteiger partial charge is 0.469 e. The Bertz CT molecular complexity index is 198. The first kappa shape index (κ1) is 15.3. The highest BCUT2D eigenvalue weighted by Gasteiger charge is 2.17. The summed E-state index contributed by atoms with van der Waals surface area (Å²) in [7, 11) is 1.39. The van der Waals surface area contributed by atoms with E-state index in [2.05, 4.69) is 4.74 Å². The van der Waals surface area contributed by atoms with Crippen LogP contribution in [-0.4, -0.2) is 36.4 Å². The molecule has 0 spiro atoms. The van der Waals surface area contributed by atoms with E-state index in [0.717, 1.165) is 25.7 Å². The molecule has 0 aromatic carbocycles. The van der Waals surface area contributed by atoms with E-state index in [1.807, 2.05) is 0 Å². The fourth-order valence-corrected chi connectivity index (χ4v) is 1.48. The third-order valence-electron chi connectivity index (χ3n) is 2.70. The number of nitrogens with two attached hydrogens (primary N) is 2. The van der Waals surface area contributed by atoms with Crippen LogP contribution >= 0.6 is 0 Å². The number of hydrogen-bond donors (Lipinski definition) is 3. The van der Waals surface area contributed by atoms with Crippen molar-refractivity contribution in [1.29, 1.82) is 0 Å². The second-order valence-corrected chi connectivity index (χ2v) is 4.16. The van der Waals surface area contributed by atoms with Crippen LogP contribution in [0.4, 0.5) is 0 Å². The molecule has 0 aliphatic heterocycles. The summed E-state index contributed by atoms with van der Waals surface area (Å²) >= 11 is 0. The molecular formula is C11H24N2O3. The first-order chi connectivity index (χ1) is 7.49. The predicted octanol–water partition coefficient (Wildman–Crippen LogP) is 0.145. The Balaban J connectivity index is 3.48. The third-order valence-corrected chi connectivity index (χ3v) is 2.70. The zero-order valence-electron chi connectivity index (χ0n) is 10.2. The molecule has 0 amide bonds. The van der Waals surface area contributed by atoms with Crippen LogP contribution in [0.2, 0.25) is 0 Å². The van der Waals surface area contributed by atoms with Crippen LogP contribution in [0.15, 0.2) is 0 Å². The number of carbonyl (C=O) groups excluding carboxylic acids is 1. The molecule has 3 unspecified atom stereocenters. The Morgan fingerprint density at radius 3 is 2.44 bits per heavy atom. The van der Waals surface area contributed by atoms with E-state index in [0.29, 0.717) is 6.42 Å². The van der Waals surface area contributed by atoms with Crippen LogP contribution in [0.1, 0.15) is 39.0 Å². The maximum Gasteiger partial charge on any atom is 0.305 e. The van der Waals surface area contributed by atoms with Crippen LogP contribution in [-0.2, 0) is 9.53 Å². The molecule has 5 nitrogen and oxygen atoms in total. The van der Waals surface area contributed by atoms with Gasteiger partial charge in [-0.3, -0.25) is 4.79 Å². The molecule has 0 saturated heterocycles. The second kappa shape index (κ2) is 8.50. The van der Waals surface area contributed by atoms with Crippen LogP contribution in [0, 0.1) is 0 Å². The molecule has 0 rings (SSSR count). The van der Waals surface area contributed by atoms with Gasteiger partial charge in [0.15, 0.2) is 0 Å². The first-order valence-corrected chi connectivity index (χ1v) is 5.75. The van der Waals surface area contributed by atoms with Gasteiger partial charge in [0.2, 0.25) is 0 Å². The maximum atomic E-state index is 10.8. The minimum Gasteiger partial charge on any atom is -0.469 e. The van der Waals surface area contributed by atoms with Gasteiger partial charge in [-0.1, -0.05) is 12.8 Å². The van der Waals surface area contributed by atoms with Gasteiger partial charge >= 0.3 is 5.97 Å². The van der Waals surface area contributed by atoms with Crippen LogP contribution in [0.3, 0.4) is 0 Å². The van der Waals surface area contributed by atoms with Crippen LogP contribution in [0.25, 0.3) is 0 Å². The van der Waals surface area contributed by atoms with E-state index in [1.54, 1.807) is 6.92 Å². The molecule has 16 heavy (non-hydrogen) atoms. The summed E-state index contributed by atoms with van der Waals surface area (Å²) in [6.45, 7) is 1.64. The van der Waals surface area contributed by atoms with E-state index >= 15 is 0 Å². The highest BCUT2D eigenvalue weighted by molar-refractivity contribution is 5.68. The van der Waals surface area contributed by atoms with Crippen molar-refractivity contribution < 1.29 is 14.6 Å². The van der Waals surface area contributed by atoms with E-state index in [1.165, 1.54) is 7.11 Å². The summed E-state index contributed by atoms with van der Waals surface area (Å²) in [6, 6.07) is -0.557. The van der Waals surface area contributed by atoms with Gasteiger partial charge in [0.05, 0.1) is 13.2 Å². The molecule has 5 heteroatoms. The topological polar surface area (TPSA) is 98.6 Å². The van der Waals surface area contributed by atoms with Crippen molar-refractivity contribution in [3.63, 3.8) is 0 Å². The lowest BCUT2D eigenvalue weighted by Crippen LogP contribution is -2.48. The maximum absolute atomic E-state index is 10.8. The number of rotatable bonds is 8. The van der Waals surface area contributed by atoms with Gasteiger partial charge in [-0.15, -0.1) is 0 Å². The monoisotopic (exact) mass is 232 g/mol. The Morgan fingerprint density at radius 2 is 1.94 bits per heavy atom. The Kier molecular flexibility index (Phi) is 8.15. The quantitative estimate of drug-likeness (QED) is 0.408. The molecule has 96 valence electrons. The molecule has 0 bridgehead atoms. The van der Waals surface area contributed by atoms with Crippen molar-refractivity contribution >= 4 is 5.97 Å². The molecule has 0 fully saturated rings. The van der Waals surface area contributed by atoms with E-state index < -0.39 is 6.10 Å². The lowest BCUT2D eigenvalue weighted by Gasteiger charge is -2.22. The van der Waals surface area contributed by atoms with Crippen molar-refractivity contribution in [2.75, 3.05) is 7.11 Å². The average molecular weight is 232 g/mol. The minimum atomic E-state index is -0.579. The normalized spacial score (nSPS) is 16.6. The smallest absolute Gasteiger partial charge is 0.305 e. The van der Waals surface area contributed by atoms with Gasteiger partial charge < -0.3 is 21.3 Å². The lowest BCUT2D eigenvalue weighted by molar-refractivity contribution is -0.140. The van der Waals surface area contributed by atoms with E-state index in [-0.39, 0.29) is 18.1 Å². The number of hydrogen-bond acceptors (Lipinski definition) is 5. The highest BCUT2D eigenvalue weighted by atomic mass is 16.5. The number of ether oxygens (including phenoxy) is 1. The summed E-state index contributed by atoms with van der Waals surface area (Å²) in [5, 5.41) is 9.23. The lowest BCUT2D eigenvalue weighted by atomic mass is 9.99. The Morgan fingerprint density at radius 1 is 1.31 bits per heavy atom. The van der Waals surface area contributed by atoms with Crippen molar-refractivity contribution in [2.24, 2.45) is 11.5 Å². The standard InChI is InChI=1S/C11H24N2O3/c1-8(14)11(13)9(12)6-4-3-5-7-10(15)16-2/h8-9,11,14H,3-7,12-13H2,1-2H3. The van der Waals surface area contributed by atoms with Gasteiger partial charge in [0.1, 0.15) is 0 Å². The molecule has 0 heterocycles. The summed E-state index contributed by atoms with van der Waals surface area (Å²) in [5.41, 5.74) is 11.5. The summed E-state index contributed by atoms with van der Waals surface area (Å²) < 4.78 is 4.53. The molecule has 3 atom stereocenters. The van der Waals surface area contributed by atoms with Gasteiger partial charge in [0.25, 0.3) is 0 Å². The third kappa shape index (κ3) is 6.76. The molecule has 0 aliphatic carbocycles. The number of carbonyl (C=O) groups is 1. The summed E-state index contributed by atoms with van der Waals surface area (Å²) in [6.07, 6.45) is 3.30. The molecule has 0 aromatic heterocycles. The molecule has 0 aromatic rings. The fraction of sp³-hybridized carbons (Fsp3) is 0.909. The van der Waals surface area contributed by atoms with Crippen molar-refractivity contribution in [2.45, 2.75) is 57.2 Å².